The predicted octanol–water partition coefficient (Wildman–Crippen LogP) is 5.37. The molecule has 120 valence electrons. The topological polar surface area (TPSA) is 12.0 Å². The van der Waals surface area contributed by atoms with Gasteiger partial charge in [-0.2, -0.15) is 0 Å². The number of hydrogen-bond acceptors (Lipinski definition) is 1. The van der Waals surface area contributed by atoms with Gasteiger partial charge >= 0.3 is 0 Å². The highest BCUT2D eigenvalue weighted by Gasteiger charge is 2.15. The van der Waals surface area contributed by atoms with E-state index >= 15 is 0 Å². The standard InChI is InChI=1S/C20H35N/c1-16(2)9-7-12-19(15-21-20(4,5)6)14-18-11-8-10-17(3)13-18/h8,10-11,13,16,19,21H,7,9,12,14-15H2,1-6H3. The zero-order valence-corrected chi connectivity index (χ0v) is 15.0. The molecule has 1 nitrogen and oxygen atoms in total. The summed E-state index contributed by atoms with van der Waals surface area (Å²) >= 11 is 0. The summed E-state index contributed by atoms with van der Waals surface area (Å²) in [6.07, 6.45) is 5.22. The Morgan fingerprint density at radius 1 is 1.10 bits per heavy atom. The fourth-order valence-corrected chi connectivity index (χ4v) is 2.71. The summed E-state index contributed by atoms with van der Waals surface area (Å²) in [6, 6.07) is 8.99. The second-order valence-electron chi connectivity index (χ2n) is 8.01. The molecule has 0 aliphatic rings. The molecule has 1 aromatic carbocycles. The van der Waals surface area contributed by atoms with Crippen LogP contribution in [0.3, 0.4) is 0 Å². The van der Waals surface area contributed by atoms with E-state index in [4.69, 9.17) is 0 Å². The molecule has 1 unspecified atom stereocenters. The summed E-state index contributed by atoms with van der Waals surface area (Å²) in [5.41, 5.74) is 3.07. The minimum atomic E-state index is 0.211. The molecule has 0 aliphatic carbocycles. The van der Waals surface area contributed by atoms with Crippen LogP contribution in [-0.2, 0) is 6.42 Å². The summed E-state index contributed by atoms with van der Waals surface area (Å²) in [7, 11) is 0. The molecule has 1 rings (SSSR count). The van der Waals surface area contributed by atoms with Crippen molar-refractivity contribution in [2.45, 2.75) is 72.8 Å². The summed E-state index contributed by atoms with van der Waals surface area (Å²) < 4.78 is 0. The molecule has 0 aromatic heterocycles. The first kappa shape index (κ1) is 18.2. The first-order valence-corrected chi connectivity index (χ1v) is 8.57. The number of benzene rings is 1. The highest BCUT2D eigenvalue weighted by atomic mass is 14.9. The van der Waals surface area contributed by atoms with Gasteiger partial charge in [-0.25, -0.2) is 0 Å². The van der Waals surface area contributed by atoms with E-state index < -0.39 is 0 Å². The third-order valence-corrected chi connectivity index (χ3v) is 3.92. The molecule has 0 saturated carbocycles. The van der Waals surface area contributed by atoms with Gasteiger partial charge in [-0.3, -0.25) is 0 Å². The molecule has 1 N–H and O–H groups in total. The zero-order chi connectivity index (χ0) is 15.9. The molecule has 0 fully saturated rings. The number of rotatable bonds is 8. The van der Waals surface area contributed by atoms with Crippen molar-refractivity contribution in [3.05, 3.63) is 35.4 Å². The molecular weight excluding hydrogens is 254 g/mol. The summed E-state index contributed by atoms with van der Waals surface area (Å²) in [5.74, 6) is 1.56. The van der Waals surface area contributed by atoms with Gasteiger partial charge in [0.15, 0.2) is 0 Å². The number of nitrogens with one attached hydrogen (secondary N) is 1. The quantitative estimate of drug-likeness (QED) is 0.678. The van der Waals surface area contributed by atoms with Crippen molar-refractivity contribution in [3.8, 4) is 0 Å². The zero-order valence-electron chi connectivity index (χ0n) is 15.0. The van der Waals surface area contributed by atoms with Crippen LogP contribution in [-0.4, -0.2) is 12.1 Å². The Morgan fingerprint density at radius 3 is 2.38 bits per heavy atom. The minimum absolute atomic E-state index is 0.211. The normalized spacial score (nSPS) is 13.7. The molecule has 1 heteroatoms. The highest BCUT2D eigenvalue weighted by Crippen LogP contribution is 2.18. The van der Waals surface area contributed by atoms with Gasteiger partial charge in [0.1, 0.15) is 0 Å². The van der Waals surface area contributed by atoms with Crippen LogP contribution in [0.15, 0.2) is 24.3 Å². The maximum Gasteiger partial charge on any atom is 0.00966 e. The lowest BCUT2D eigenvalue weighted by molar-refractivity contribution is 0.344. The van der Waals surface area contributed by atoms with Gasteiger partial charge in [0.25, 0.3) is 0 Å². The van der Waals surface area contributed by atoms with Crippen LogP contribution < -0.4 is 5.32 Å². The van der Waals surface area contributed by atoms with Crippen LogP contribution >= 0.6 is 0 Å². The molecule has 1 aromatic rings. The van der Waals surface area contributed by atoms with Gasteiger partial charge in [0, 0.05) is 5.54 Å². The molecule has 0 amide bonds. The molecule has 0 heterocycles. The molecule has 21 heavy (non-hydrogen) atoms. The molecule has 0 saturated heterocycles. The van der Waals surface area contributed by atoms with Crippen molar-refractivity contribution >= 4 is 0 Å². The van der Waals surface area contributed by atoms with Crippen LogP contribution in [0, 0.1) is 18.8 Å². The number of aryl methyl sites for hydroxylation is 1. The average Bonchev–Trinajstić information content (AvgIpc) is 2.34. The Balaban J connectivity index is 2.57. The fraction of sp³-hybridized carbons (Fsp3) is 0.700. The lowest BCUT2D eigenvalue weighted by Crippen LogP contribution is -2.39. The summed E-state index contributed by atoms with van der Waals surface area (Å²) in [5, 5.41) is 3.69. The van der Waals surface area contributed by atoms with Gasteiger partial charge in [-0.05, 0) is 64.5 Å². The van der Waals surface area contributed by atoms with Crippen molar-refractivity contribution in [2.24, 2.45) is 11.8 Å². The van der Waals surface area contributed by atoms with E-state index in [1.165, 1.54) is 36.8 Å². The van der Waals surface area contributed by atoms with E-state index in [1.54, 1.807) is 0 Å². The van der Waals surface area contributed by atoms with Gasteiger partial charge in [0.2, 0.25) is 0 Å². The summed E-state index contributed by atoms with van der Waals surface area (Å²) in [4.78, 5) is 0. The van der Waals surface area contributed by atoms with E-state index in [0.29, 0.717) is 0 Å². The molecular formula is C20H35N. The SMILES string of the molecule is Cc1cccc(CC(CCCC(C)C)CNC(C)(C)C)c1. The lowest BCUT2D eigenvalue weighted by atomic mass is 9.91. The smallest absolute Gasteiger partial charge is 0.00966 e. The molecule has 0 bridgehead atoms. The van der Waals surface area contributed by atoms with Crippen LogP contribution in [0.5, 0.6) is 0 Å². The van der Waals surface area contributed by atoms with E-state index in [9.17, 15) is 0 Å². The minimum Gasteiger partial charge on any atom is -0.312 e. The molecule has 0 aliphatic heterocycles. The van der Waals surface area contributed by atoms with Gasteiger partial charge in [-0.15, -0.1) is 0 Å². The second-order valence-corrected chi connectivity index (χ2v) is 8.01. The van der Waals surface area contributed by atoms with Crippen molar-refractivity contribution < 1.29 is 0 Å². The van der Waals surface area contributed by atoms with Crippen molar-refractivity contribution in [3.63, 3.8) is 0 Å². The van der Waals surface area contributed by atoms with Crippen LogP contribution in [0.2, 0.25) is 0 Å². The summed E-state index contributed by atoms with van der Waals surface area (Å²) in [6.45, 7) is 14.7. The maximum atomic E-state index is 3.69. The first-order valence-electron chi connectivity index (χ1n) is 8.57. The van der Waals surface area contributed by atoms with Crippen molar-refractivity contribution in [1.29, 1.82) is 0 Å². The Kier molecular flexibility index (Phi) is 7.45. The monoisotopic (exact) mass is 289 g/mol. The lowest BCUT2D eigenvalue weighted by Gasteiger charge is -2.26. The van der Waals surface area contributed by atoms with E-state index in [2.05, 4.69) is 71.1 Å². The Morgan fingerprint density at radius 2 is 1.81 bits per heavy atom. The van der Waals surface area contributed by atoms with E-state index in [0.717, 1.165) is 18.4 Å². The van der Waals surface area contributed by atoms with E-state index in [1.807, 2.05) is 0 Å². The van der Waals surface area contributed by atoms with Gasteiger partial charge in [0.05, 0.1) is 0 Å². The second kappa shape index (κ2) is 8.58. The largest absolute Gasteiger partial charge is 0.312 e. The Bertz CT molecular complexity index is 401. The van der Waals surface area contributed by atoms with Crippen molar-refractivity contribution in [1.82, 2.24) is 5.32 Å². The molecule has 0 radical (unpaired) electrons. The number of hydrogen-bond donors (Lipinski definition) is 1. The Hall–Kier alpha value is -0.820. The fourth-order valence-electron chi connectivity index (χ4n) is 2.71. The molecule has 1 atom stereocenters. The van der Waals surface area contributed by atoms with Crippen LogP contribution in [0.25, 0.3) is 0 Å². The predicted molar refractivity (Wildman–Crippen MR) is 94.8 cm³/mol. The highest BCUT2D eigenvalue weighted by molar-refractivity contribution is 5.22. The van der Waals surface area contributed by atoms with Gasteiger partial charge < -0.3 is 5.32 Å². The van der Waals surface area contributed by atoms with Crippen LogP contribution in [0.1, 0.15) is 65.0 Å². The van der Waals surface area contributed by atoms with Gasteiger partial charge in [-0.1, -0.05) is 56.5 Å². The molecule has 0 spiro atoms. The first-order chi connectivity index (χ1) is 9.76. The van der Waals surface area contributed by atoms with Crippen molar-refractivity contribution in [2.75, 3.05) is 6.54 Å². The average molecular weight is 290 g/mol. The van der Waals surface area contributed by atoms with E-state index in [-0.39, 0.29) is 5.54 Å². The third kappa shape index (κ3) is 8.93. The Labute approximate surface area is 132 Å². The van der Waals surface area contributed by atoms with Crippen LogP contribution in [0.4, 0.5) is 0 Å². The third-order valence-electron chi connectivity index (χ3n) is 3.92. The maximum absolute atomic E-state index is 3.69.